The zero-order valence-corrected chi connectivity index (χ0v) is 12.9. The van der Waals surface area contributed by atoms with E-state index in [-0.39, 0.29) is 17.6 Å². The van der Waals surface area contributed by atoms with Gasteiger partial charge < -0.3 is 5.32 Å². The number of Topliss-reactive ketones (excluding diaryl/α,β-unsaturated/α-hetero) is 1. The molecule has 2 aromatic rings. The largest absolute Gasteiger partial charge is 0.302 e. The summed E-state index contributed by atoms with van der Waals surface area (Å²) in [4.78, 5) is 27.7. The number of carbonyl (C=O) groups is 2. The lowest BCUT2D eigenvalue weighted by atomic mass is 9.98. The number of ketones is 1. The molecule has 0 bridgehead atoms. The van der Waals surface area contributed by atoms with Crippen molar-refractivity contribution in [1.82, 2.24) is 4.98 Å². The van der Waals surface area contributed by atoms with Crippen molar-refractivity contribution in [3.8, 4) is 0 Å². The quantitative estimate of drug-likeness (QED) is 0.824. The van der Waals surface area contributed by atoms with Gasteiger partial charge in [0.2, 0.25) is 5.91 Å². The number of rotatable bonds is 6. The minimum atomic E-state index is -0.0869. The molecule has 1 aromatic heterocycles. The van der Waals surface area contributed by atoms with Crippen LogP contribution in [0.25, 0.3) is 0 Å². The second kappa shape index (κ2) is 7.13. The predicted octanol–water partition coefficient (Wildman–Crippen LogP) is 3.87. The van der Waals surface area contributed by atoms with Crippen LogP contribution in [0.5, 0.6) is 0 Å². The Morgan fingerprint density at radius 1 is 1.29 bits per heavy atom. The van der Waals surface area contributed by atoms with E-state index in [1.807, 2.05) is 37.3 Å². The maximum Gasteiger partial charge on any atom is 0.226 e. The molecule has 0 fully saturated rings. The van der Waals surface area contributed by atoms with Crippen molar-refractivity contribution in [2.45, 2.75) is 32.6 Å². The van der Waals surface area contributed by atoms with Gasteiger partial charge in [-0.2, -0.15) is 0 Å². The molecular weight excluding hydrogens is 284 g/mol. The molecule has 1 aromatic carbocycles. The highest BCUT2D eigenvalue weighted by Crippen LogP contribution is 2.21. The number of thiazole rings is 1. The normalized spacial score (nSPS) is 11.9. The summed E-state index contributed by atoms with van der Waals surface area (Å²) in [6.45, 7) is 3.81. The fourth-order valence-corrected chi connectivity index (χ4v) is 2.72. The monoisotopic (exact) mass is 302 g/mol. The fraction of sp³-hybridized carbons (Fsp3) is 0.312. The van der Waals surface area contributed by atoms with Gasteiger partial charge in [-0.1, -0.05) is 44.2 Å². The molecule has 1 N–H and O–H groups in total. The Kier molecular flexibility index (Phi) is 5.22. The SMILES string of the molecule is CCC(=O)c1csc(NC(=O)CC(C)c2ccccc2)n1. The maximum atomic E-state index is 12.0. The van der Waals surface area contributed by atoms with E-state index < -0.39 is 0 Å². The van der Waals surface area contributed by atoms with Crippen LogP contribution in [0.3, 0.4) is 0 Å². The highest BCUT2D eigenvalue weighted by molar-refractivity contribution is 7.14. The van der Waals surface area contributed by atoms with E-state index in [4.69, 9.17) is 0 Å². The van der Waals surface area contributed by atoms with E-state index in [0.717, 1.165) is 5.56 Å². The van der Waals surface area contributed by atoms with Gasteiger partial charge >= 0.3 is 0 Å². The number of anilines is 1. The van der Waals surface area contributed by atoms with Crippen LogP contribution in [-0.2, 0) is 4.79 Å². The molecule has 1 unspecified atom stereocenters. The molecule has 21 heavy (non-hydrogen) atoms. The Morgan fingerprint density at radius 3 is 2.67 bits per heavy atom. The first kappa shape index (κ1) is 15.4. The third-order valence-electron chi connectivity index (χ3n) is 3.22. The Balaban J connectivity index is 1.93. The predicted molar refractivity (Wildman–Crippen MR) is 84.8 cm³/mol. The number of nitrogens with zero attached hydrogens (tertiary/aromatic N) is 1. The zero-order valence-electron chi connectivity index (χ0n) is 12.1. The van der Waals surface area contributed by atoms with Gasteiger partial charge in [-0.25, -0.2) is 4.98 Å². The first-order valence-corrected chi connectivity index (χ1v) is 7.81. The third kappa shape index (κ3) is 4.23. The Labute approximate surface area is 128 Å². The Hall–Kier alpha value is -2.01. The van der Waals surface area contributed by atoms with Crippen LogP contribution in [0, 0.1) is 0 Å². The summed E-state index contributed by atoms with van der Waals surface area (Å²) in [5.41, 5.74) is 1.56. The second-order valence-corrected chi connectivity index (χ2v) is 5.74. The van der Waals surface area contributed by atoms with Crippen LogP contribution in [0.4, 0.5) is 5.13 Å². The number of hydrogen-bond donors (Lipinski definition) is 1. The van der Waals surface area contributed by atoms with E-state index >= 15 is 0 Å². The lowest BCUT2D eigenvalue weighted by Crippen LogP contribution is -2.14. The van der Waals surface area contributed by atoms with E-state index in [1.54, 1.807) is 12.3 Å². The van der Waals surface area contributed by atoms with Gasteiger partial charge in [0.1, 0.15) is 5.69 Å². The van der Waals surface area contributed by atoms with Crippen molar-refractivity contribution in [2.24, 2.45) is 0 Å². The molecule has 1 atom stereocenters. The van der Waals surface area contributed by atoms with Crippen LogP contribution in [0.15, 0.2) is 35.7 Å². The summed E-state index contributed by atoms with van der Waals surface area (Å²) >= 11 is 1.28. The minimum Gasteiger partial charge on any atom is -0.302 e. The average Bonchev–Trinajstić information content (AvgIpc) is 2.95. The first-order valence-electron chi connectivity index (χ1n) is 6.93. The van der Waals surface area contributed by atoms with Crippen molar-refractivity contribution >= 4 is 28.2 Å². The number of nitrogens with one attached hydrogen (secondary N) is 1. The Bertz CT molecular complexity index is 622. The number of carbonyl (C=O) groups excluding carboxylic acids is 2. The van der Waals surface area contributed by atoms with Gasteiger partial charge in [-0.3, -0.25) is 9.59 Å². The number of hydrogen-bond acceptors (Lipinski definition) is 4. The molecule has 0 spiro atoms. The molecule has 110 valence electrons. The standard InChI is InChI=1S/C16H18N2O2S/c1-3-14(19)13-10-21-16(17-13)18-15(20)9-11(2)12-7-5-4-6-8-12/h4-8,10-11H,3,9H2,1-2H3,(H,17,18,20). The van der Waals surface area contributed by atoms with Crippen LogP contribution in [-0.4, -0.2) is 16.7 Å². The molecular formula is C16H18N2O2S. The molecule has 0 aliphatic heterocycles. The summed E-state index contributed by atoms with van der Waals surface area (Å²) in [6.07, 6.45) is 0.808. The molecule has 0 radical (unpaired) electrons. The summed E-state index contributed by atoms with van der Waals surface area (Å²) < 4.78 is 0. The van der Waals surface area contributed by atoms with Crippen molar-refractivity contribution in [2.75, 3.05) is 5.32 Å². The van der Waals surface area contributed by atoms with Gasteiger partial charge in [-0.05, 0) is 11.5 Å². The molecule has 0 saturated heterocycles. The van der Waals surface area contributed by atoms with Gasteiger partial charge in [0.05, 0.1) is 0 Å². The molecule has 0 aliphatic rings. The molecule has 1 amide bonds. The van der Waals surface area contributed by atoms with Crippen LogP contribution >= 0.6 is 11.3 Å². The average molecular weight is 302 g/mol. The van der Waals surface area contributed by atoms with Gasteiger partial charge in [0.25, 0.3) is 0 Å². The minimum absolute atomic E-state index is 0.00981. The Morgan fingerprint density at radius 2 is 2.00 bits per heavy atom. The third-order valence-corrected chi connectivity index (χ3v) is 3.98. The van der Waals surface area contributed by atoms with E-state index in [0.29, 0.717) is 23.7 Å². The van der Waals surface area contributed by atoms with Gasteiger partial charge in [0.15, 0.2) is 10.9 Å². The summed E-state index contributed by atoms with van der Waals surface area (Å²) in [5.74, 6) is 0.0449. The number of amides is 1. The first-order chi connectivity index (χ1) is 10.1. The van der Waals surface area contributed by atoms with E-state index in [1.165, 1.54) is 11.3 Å². The topological polar surface area (TPSA) is 59.1 Å². The van der Waals surface area contributed by atoms with Gasteiger partial charge in [0, 0.05) is 18.2 Å². The zero-order chi connectivity index (χ0) is 15.2. The summed E-state index contributed by atoms with van der Waals surface area (Å²) in [5, 5.41) is 4.92. The molecule has 4 nitrogen and oxygen atoms in total. The van der Waals surface area contributed by atoms with Crippen molar-refractivity contribution in [1.29, 1.82) is 0 Å². The van der Waals surface area contributed by atoms with Crippen molar-refractivity contribution in [3.63, 3.8) is 0 Å². The summed E-state index contributed by atoms with van der Waals surface area (Å²) in [6, 6.07) is 9.91. The molecule has 1 heterocycles. The van der Waals surface area contributed by atoms with E-state index in [2.05, 4.69) is 10.3 Å². The smallest absolute Gasteiger partial charge is 0.226 e. The maximum absolute atomic E-state index is 12.0. The summed E-state index contributed by atoms with van der Waals surface area (Å²) in [7, 11) is 0. The lowest BCUT2D eigenvalue weighted by molar-refractivity contribution is -0.116. The van der Waals surface area contributed by atoms with Gasteiger partial charge in [-0.15, -0.1) is 11.3 Å². The highest BCUT2D eigenvalue weighted by atomic mass is 32.1. The molecule has 0 aliphatic carbocycles. The number of aromatic nitrogens is 1. The fourth-order valence-electron chi connectivity index (χ4n) is 1.99. The van der Waals surface area contributed by atoms with Crippen molar-refractivity contribution in [3.05, 3.63) is 47.0 Å². The van der Waals surface area contributed by atoms with Crippen molar-refractivity contribution < 1.29 is 9.59 Å². The molecule has 0 saturated carbocycles. The highest BCUT2D eigenvalue weighted by Gasteiger charge is 2.14. The molecule has 5 heteroatoms. The molecule has 2 rings (SSSR count). The van der Waals surface area contributed by atoms with Crippen LogP contribution < -0.4 is 5.32 Å². The van der Waals surface area contributed by atoms with Crippen LogP contribution in [0.2, 0.25) is 0 Å². The number of benzene rings is 1. The van der Waals surface area contributed by atoms with Crippen LogP contribution in [0.1, 0.15) is 48.7 Å². The lowest BCUT2D eigenvalue weighted by Gasteiger charge is -2.10. The van der Waals surface area contributed by atoms with E-state index in [9.17, 15) is 9.59 Å². The second-order valence-electron chi connectivity index (χ2n) is 4.88.